The summed E-state index contributed by atoms with van der Waals surface area (Å²) in [6.45, 7) is 4.36. The highest BCUT2D eigenvalue weighted by Gasteiger charge is 2.48. The van der Waals surface area contributed by atoms with Gasteiger partial charge in [0.05, 0.1) is 11.1 Å². The van der Waals surface area contributed by atoms with Crippen molar-refractivity contribution in [3.05, 3.63) is 24.0 Å². The van der Waals surface area contributed by atoms with E-state index < -0.39 is 11.4 Å². The first-order chi connectivity index (χ1) is 9.38. The Labute approximate surface area is 117 Å². The van der Waals surface area contributed by atoms with E-state index >= 15 is 0 Å². The second-order valence-corrected chi connectivity index (χ2v) is 5.53. The summed E-state index contributed by atoms with van der Waals surface area (Å²) >= 11 is 0. The summed E-state index contributed by atoms with van der Waals surface area (Å²) in [5, 5.41) is 9.48. The zero-order valence-corrected chi connectivity index (χ0v) is 11.7. The SMILES string of the molecule is CC(C)C1(C(=O)O)CCN(C(=O)c2ncccc2N)C1. The smallest absolute Gasteiger partial charge is 0.311 e. The van der Waals surface area contributed by atoms with Crippen molar-refractivity contribution in [3.8, 4) is 0 Å². The van der Waals surface area contributed by atoms with Crippen LogP contribution in [-0.4, -0.2) is 40.0 Å². The number of nitrogens with two attached hydrogens (primary N) is 1. The largest absolute Gasteiger partial charge is 0.481 e. The molecule has 0 aliphatic carbocycles. The molecule has 0 spiro atoms. The highest BCUT2D eigenvalue weighted by atomic mass is 16.4. The average Bonchev–Trinajstić information content (AvgIpc) is 2.85. The van der Waals surface area contributed by atoms with Crippen LogP contribution in [0.15, 0.2) is 18.3 Å². The molecule has 3 N–H and O–H groups in total. The Balaban J connectivity index is 2.23. The number of hydrogen-bond acceptors (Lipinski definition) is 4. The fraction of sp³-hybridized carbons (Fsp3) is 0.500. The third-order valence-electron chi connectivity index (χ3n) is 4.16. The van der Waals surface area contributed by atoms with E-state index in [2.05, 4.69) is 4.98 Å². The normalized spacial score (nSPS) is 22.2. The van der Waals surface area contributed by atoms with Crippen molar-refractivity contribution in [2.45, 2.75) is 20.3 Å². The summed E-state index contributed by atoms with van der Waals surface area (Å²) in [5.74, 6) is -1.19. The van der Waals surface area contributed by atoms with Gasteiger partial charge in [0.1, 0.15) is 0 Å². The van der Waals surface area contributed by atoms with Gasteiger partial charge >= 0.3 is 5.97 Å². The molecule has 1 amide bonds. The van der Waals surface area contributed by atoms with Gasteiger partial charge in [0.25, 0.3) is 5.91 Å². The van der Waals surface area contributed by atoms with E-state index in [0.29, 0.717) is 18.7 Å². The van der Waals surface area contributed by atoms with Crippen LogP contribution in [0, 0.1) is 11.3 Å². The molecular weight excluding hydrogens is 258 g/mol. The molecular formula is C14H19N3O3. The van der Waals surface area contributed by atoms with Gasteiger partial charge in [-0.15, -0.1) is 0 Å². The Hall–Kier alpha value is -2.11. The number of aromatic nitrogens is 1. The molecule has 6 heteroatoms. The van der Waals surface area contributed by atoms with Crippen LogP contribution < -0.4 is 5.73 Å². The lowest BCUT2D eigenvalue weighted by Crippen LogP contribution is -2.40. The quantitative estimate of drug-likeness (QED) is 0.866. The van der Waals surface area contributed by atoms with E-state index in [1.807, 2.05) is 13.8 Å². The third-order valence-corrected chi connectivity index (χ3v) is 4.16. The Kier molecular flexibility index (Phi) is 3.65. The first kappa shape index (κ1) is 14.3. The molecule has 1 fully saturated rings. The number of carboxylic acids is 1. The topological polar surface area (TPSA) is 96.5 Å². The van der Waals surface area contributed by atoms with Gasteiger partial charge in [-0.3, -0.25) is 9.59 Å². The maximum absolute atomic E-state index is 12.4. The minimum atomic E-state index is -0.876. The summed E-state index contributed by atoms with van der Waals surface area (Å²) in [6.07, 6.45) is 1.96. The predicted molar refractivity (Wildman–Crippen MR) is 74.1 cm³/mol. The van der Waals surface area contributed by atoms with Crippen molar-refractivity contribution in [1.29, 1.82) is 0 Å². The molecule has 2 rings (SSSR count). The van der Waals surface area contributed by atoms with E-state index in [0.717, 1.165) is 0 Å². The number of carbonyl (C=O) groups is 2. The minimum Gasteiger partial charge on any atom is -0.481 e. The van der Waals surface area contributed by atoms with Crippen molar-refractivity contribution < 1.29 is 14.7 Å². The number of carboxylic acid groups (broad SMARTS) is 1. The highest BCUT2D eigenvalue weighted by Crippen LogP contribution is 2.38. The van der Waals surface area contributed by atoms with E-state index in [4.69, 9.17) is 5.73 Å². The summed E-state index contributed by atoms with van der Waals surface area (Å²) in [4.78, 5) is 29.5. The molecule has 1 saturated heterocycles. The molecule has 0 radical (unpaired) electrons. The summed E-state index contributed by atoms with van der Waals surface area (Å²) in [7, 11) is 0. The number of nitrogen functional groups attached to an aromatic ring is 1. The molecule has 1 aliphatic rings. The summed E-state index contributed by atoms with van der Waals surface area (Å²) in [5.41, 5.74) is 5.38. The van der Waals surface area contributed by atoms with Crippen LogP contribution in [0.4, 0.5) is 5.69 Å². The Morgan fingerprint density at radius 1 is 1.50 bits per heavy atom. The zero-order valence-electron chi connectivity index (χ0n) is 11.7. The zero-order chi connectivity index (χ0) is 14.9. The van der Waals surface area contributed by atoms with E-state index in [9.17, 15) is 14.7 Å². The lowest BCUT2D eigenvalue weighted by atomic mass is 9.76. The van der Waals surface area contributed by atoms with Crippen LogP contribution in [0.1, 0.15) is 30.8 Å². The summed E-state index contributed by atoms with van der Waals surface area (Å²) < 4.78 is 0. The van der Waals surface area contributed by atoms with Gasteiger partial charge in [0, 0.05) is 19.3 Å². The molecule has 0 aromatic carbocycles. The van der Waals surface area contributed by atoms with Gasteiger partial charge in [-0.05, 0) is 24.5 Å². The average molecular weight is 277 g/mol. The number of pyridine rings is 1. The van der Waals surface area contributed by atoms with Crippen LogP contribution in [0.3, 0.4) is 0 Å². The fourth-order valence-electron chi connectivity index (χ4n) is 2.65. The molecule has 2 heterocycles. The maximum atomic E-state index is 12.4. The first-order valence-corrected chi connectivity index (χ1v) is 6.61. The molecule has 1 aromatic rings. The predicted octanol–water partition coefficient (Wildman–Crippen LogP) is 1.24. The number of aliphatic carboxylic acids is 1. The Morgan fingerprint density at radius 2 is 2.20 bits per heavy atom. The van der Waals surface area contributed by atoms with E-state index in [-0.39, 0.29) is 24.1 Å². The lowest BCUT2D eigenvalue weighted by Gasteiger charge is -2.28. The second kappa shape index (κ2) is 5.11. The Bertz CT molecular complexity index is 544. The van der Waals surface area contributed by atoms with Crippen molar-refractivity contribution >= 4 is 17.6 Å². The number of anilines is 1. The monoisotopic (exact) mass is 277 g/mol. The van der Waals surface area contributed by atoms with Gasteiger partial charge in [-0.2, -0.15) is 0 Å². The van der Waals surface area contributed by atoms with Crippen molar-refractivity contribution in [3.63, 3.8) is 0 Å². The molecule has 1 aliphatic heterocycles. The number of carbonyl (C=O) groups excluding carboxylic acids is 1. The lowest BCUT2D eigenvalue weighted by molar-refractivity contribution is -0.150. The van der Waals surface area contributed by atoms with Crippen molar-refractivity contribution in [2.75, 3.05) is 18.8 Å². The number of rotatable bonds is 3. The maximum Gasteiger partial charge on any atom is 0.311 e. The standard InChI is InChI=1S/C14H19N3O3/c1-9(2)14(13(19)20)5-7-17(8-14)12(18)11-10(15)4-3-6-16-11/h3-4,6,9H,5,7-8,15H2,1-2H3,(H,19,20). The van der Waals surface area contributed by atoms with E-state index in [1.165, 1.54) is 11.1 Å². The van der Waals surface area contributed by atoms with Gasteiger partial charge in [-0.25, -0.2) is 4.98 Å². The third kappa shape index (κ3) is 2.21. The van der Waals surface area contributed by atoms with Crippen LogP contribution in [0.5, 0.6) is 0 Å². The molecule has 0 saturated carbocycles. The van der Waals surface area contributed by atoms with Crippen molar-refractivity contribution in [1.82, 2.24) is 9.88 Å². The number of hydrogen-bond donors (Lipinski definition) is 2. The molecule has 108 valence electrons. The van der Waals surface area contributed by atoms with Gasteiger partial charge in [0.15, 0.2) is 5.69 Å². The van der Waals surface area contributed by atoms with E-state index in [1.54, 1.807) is 12.1 Å². The van der Waals surface area contributed by atoms with Crippen LogP contribution in [0.2, 0.25) is 0 Å². The fourth-order valence-corrected chi connectivity index (χ4v) is 2.65. The first-order valence-electron chi connectivity index (χ1n) is 6.61. The van der Waals surface area contributed by atoms with Crippen molar-refractivity contribution in [2.24, 2.45) is 11.3 Å². The molecule has 1 aromatic heterocycles. The molecule has 20 heavy (non-hydrogen) atoms. The Morgan fingerprint density at radius 3 is 2.70 bits per heavy atom. The molecule has 1 atom stereocenters. The number of amides is 1. The second-order valence-electron chi connectivity index (χ2n) is 5.53. The van der Waals surface area contributed by atoms with Crippen LogP contribution in [-0.2, 0) is 4.79 Å². The van der Waals surface area contributed by atoms with Crippen LogP contribution in [0.25, 0.3) is 0 Å². The number of nitrogens with zero attached hydrogens (tertiary/aromatic N) is 2. The molecule has 0 bridgehead atoms. The molecule has 1 unspecified atom stereocenters. The minimum absolute atomic E-state index is 0.0427. The van der Waals surface area contributed by atoms with Gasteiger partial charge in [-0.1, -0.05) is 13.8 Å². The van der Waals surface area contributed by atoms with Gasteiger partial charge < -0.3 is 15.7 Å². The summed E-state index contributed by atoms with van der Waals surface area (Å²) in [6, 6.07) is 3.27. The van der Waals surface area contributed by atoms with Gasteiger partial charge in [0.2, 0.25) is 0 Å². The molecule has 6 nitrogen and oxygen atoms in total. The van der Waals surface area contributed by atoms with Crippen LogP contribution >= 0.6 is 0 Å². The number of likely N-dealkylation sites (tertiary alicyclic amines) is 1. The highest BCUT2D eigenvalue weighted by molar-refractivity contribution is 5.97.